The topological polar surface area (TPSA) is 70.6 Å². The van der Waals surface area contributed by atoms with E-state index >= 15 is 0 Å². The molecule has 3 aromatic rings. The third kappa shape index (κ3) is 2.54. The molecule has 23 heavy (non-hydrogen) atoms. The number of aromatic amines is 1. The summed E-state index contributed by atoms with van der Waals surface area (Å²) < 4.78 is 0. The first-order valence-electron chi connectivity index (χ1n) is 8.06. The molecule has 1 saturated heterocycles. The first-order valence-corrected chi connectivity index (χ1v) is 8.06. The van der Waals surface area contributed by atoms with Crippen LogP contribution in [0.2, 0.25) is 0 Å². The molecule has 1 atom stereocenters. The summed E-state index contributed by atoms with van der Waals surface area (Å²) in [4.78, 5) is 15.9. The number of rotatable bonds is 2. The van der Waals surface area contributed by atoms with Gasteiger partial charge in [-0.2, -0.15) is 5.10 Å². The minimum atomic E-state index is 0.350. The molecule has 6 heteroatoms. The van der Waals surface area contributed by atoms with Gasteiger partial charge in [0.1, 0.15) is 18.0 Å². The molecule has 1 fully saturated rings. The Balaban J connectivity index is 1.70. The molecule has 6 nitrogen and oxygen atoms in total. The quantitative estimate of drug-likeness (QED) is 0.788. The van der Waals surface area contributed by atoms with Crippen molar-refractivity contribution in [1.29, 1.82) is 0 Å². The van der Waals surface area contributed by atoms with Gasteiger partial charge in [-0.15, -0.1) is 0 Å². The van der Waals surface area contributed by atoms with Gasteiger partial charge in [-0.1, -0.05) is 12.1 Å². The molecule has 1 N–H and O–H groups in total. The van der Waals surface area contributed by atoms with Crippen LogP contribution in [0, 0.1) is 13.8 Å². The number of aryl methyl sites for hydroxylation is 2. The summed E-state index contributed by atoms with van der Waals surface area (Å²) in [5, 5.41) is 8.46. The molecule has 2 aromatic heterocycles. The molecule has 0 spiro atoms. The number of hydrogen-bond donors (Lipinski definition) is 1. The maximum Gasteiger partial charge on any atom is 0.155 e. The summed E-state index contributed by atoms with van der Waals surface area (Å²) in [5.41, 5.74) is 2.22. The van der Waals surface area contributed by atoms with Gasteiger partial charge in [-0.05, 0) is 38.3 Å². The standard InChI is InChI=1S/C17H20N6/c1-11-5-3-7-14-15(11)17(19-10-18-14)23-8-4-6-13(9-23)16-20-12(2)21-22-16/h3,5,7,10,13H,4,6,8-9H2,1-2H3,(H,20,21,22). The first-order chi connectivity index (χ1) is 11.2. The minimum Gasteiger partial charge on any atom is -0.355 e. The second-order valence-electron chi connectivity index (χ2n) is 6.23. The van der Waals surface area contributed by atoms with Crippen LogP contribution in [-0.4, -0.2) is 38.2 Å². The lowest BCUT2D eigenvalue weighted by Gasteiger charge is -2.33. The monoisotopic (exact) mass is 308 g/mol. The second-order valence-corrected chi connectivity index (χ2v) is 6.23. The first kappa shape index (κ1) is 14.1. The van der Waals surface area contributed by atoms with Gasteiger partial charge in [0, 0.05) is 24.4 Å². The number of fused-ring (bicyclic) bond motifs is 1. The summed E-state index contributed by atoms with van der Waals surface area (Å²) in [6, 6.07) is 6.21. The lowest BCUT2D eigenvalue weighted by molar-refractivity contribution is 0.490. The number of hydrogen-bond acceptors (Lipinski definition) is 5. The molecule has 4 rings (SSSR count). The third-order valence-corrected chi connectivity index (χ3v) is 4.55. The Bertz CT molecular complexity index is 835. The van der Waals surface area contributed by atoms with Crippen molar-refractivity contribution in [2.24, 2.45) is 0 Å². The van der Waals surface area contributed by atoms with E-state index in [-0.39, 0.29) is 0 Å². The third-order valence-electron chi connectivity index (χ3n) is 4.55. The van der Waals surface area contributed by atoms with Crippen molar-refractivity contribution in [3.8, 4) is 0 Å². The number of nitrogens with zero attached hydrogens (tertiary/aromatic N) is 5. The minimum absolute atomic E-state index is 0.350. The Morgan fingerprint density at radius 3 is 2.96 bits per heavy atom. The molecule has 118 valence electrons. The van der Waals surface area contributed by atoms with Crippen LogP contribution in [0.3, 0.4) is 0 Å². The van der Waals surface area contributed by atoms with E-state index in [1.807, 2.05) is 19.1 Å². The summed E-state index contributed by atoms with van der Waals surface area (Å²) >= 11 is 0. The van der Waals surface area contributed by atoms with Crippen molar-refractivity contribution in [3.05, 3.63) is 41.7 Å². The molecule has 0 saturated carbocycles. The van der Waals surface area contributed by atoms with Gasteiger partial charge in [-0.3, -0.25) is 5.10 Å². The molecule has 1 aliphatic heterocycles. The van der Waals surface area contributed by atoms with Gasteiger partial charge in [0.05, 0.1) is 5.52 Å². The van der Waals surface area contributed by atoms with Crippen LogP contribution in [0.1, 0.15) is 36.0 Å². The maximum absolute atomic E-state index is 4.59. The van der Waals surface area contributed by atoms with Crippen molar-refractivity contribution in [1.82, 2.24) is 25.1 Å². The number of aromatic nitrogens is 5. The van der Waals surface area contributed by atoms with E-state index in [2.05, 4.69) is 43.0 Å². The summed E-state index contributed by atoms with van der Waals surface area (Å²) in [5.74, 6) is 3.18. The zero-order chi connectivity index (χ0) is 15.8. The highest BCUT2D eigenvalue weighted by atomic mass is 15.2. The highest BCUT2D eigenvalue weighted by Gasteiger charge is 2.26. The number of H-pyrrole nitrogens is 1. The van der Waals surface area contributed by atoms with Gasteiger partial charge in [0.2, 0.25) is 0 Å². The van der Waals surface area contributed by atoms with Crippen LogP contribution in [0.4, 0.5) is 5.82 Å². The Kier molecular flexibility index (Phi) is 3.44. The molecule has 3 heterocycles. The SMILES string of the molecule is Cc1nc(C2CCCN(c3ncnc4cccc(C)c34)C2)n[nH]1. The van der Waals surface area contributed by atoms with Crippen LogP contribution in [0.5, 0.6) is 0 Å². The molecular weight excluding hydrogens is 288 g/mol. The van der Waals surface area contributed by atoms with Crippen LogP contribution in [-0.2, 0) is 0 Å². The molecule has 0 aliphatic carbocycles. The van der Waals surface area contributed by atoms with Crippen LogP contribution in [0.25, 0.3) is 10.9 Å². The van der Waals surface area contributed by atoms with Gasteiger partial charge < -0.3 is 4.90 Å². The summed E-state index contributed by atoms with van der Waals surface area (Å²) in [7, 11) is 0. The molecule has 0 radical (unpaired) electrons. The molecule has 0 bridgehead atoms. The van der Waals surface area contributed by atoms with E-state index in [1.165, 1.54) is 5.56 Å². The normalized spacial score (nSPS) is 18.5. The van der Waals surface area contributed by atoms with Crippen molar-refractivity contribution < 1.29 is 0 Å². The Labute approximate surface area is 135 Å². The number of anilines is 1. The highest BCUT2D eigenvalue weighted by molar-refractivity contribution is 5.92. The Morgan fingerprint density at radius 2 is 2.13 bits per heavy atom. The number of benzene rings is 1. The largest absolute Gasteiger partial charge is 0.355 e. The van der Waals surface area contributed by atoms with Crippen LogP contribution in [0.15, 0.2) is 24.5 Å². The fourth-order valence-electron chi connectivity index (χ4n) is 3.42. The van der Waals surface area contributed by atoms with Crippen molar-refractivity contribution >= 4 is 16.7 Å². The summed E-state index contributed by atoms with van der Waals surface area (Å²) in [6.07, 6.45) is 3.91. The molecule has 1 unspecified atom stereocenters. The smallest absolute Gasteiger partial charge is 0.155 e. The lowest BCUT2D eigenvalue weighted by atomic mass is 9.97. The zero-order valence-electron chi connectivity index (χ0n) is 13.5. The maximum atomic E-state index is 4.59. The van der Waals surface area contributed by atoms with E-state index in [0.29, 0.717) is 5.92 Å². The van der Waals surface area contributed by atoms with Crippen molar-refractivity contribution in [2.45, 2.75) is 32.6 Å². The number of nitrogens with one attached hydrogen (secondary N) is 1. The van der Waals surface area contributed by atoms with E-state index in [0.717, 1.165) is 54.3 Å². The van der Waals surface area contributed by atoms with Crippen molar-refractivity contribution in [2.75, 3.05) is 18.0 Å². The fraction of sp³-hybridized carbons (Fsp3) is 0.412. The van der Waals surface area contributed by atoms with E-state index in [9.17, 15) is 0 Å². The zero-order valence-corrected chi connectivity index (χ0v) is 13.5. The Morgan fingerprint density at radius 1 is 1.22 bits per heavy atom. The van der Waals surface area contributed by atoms with Gasteiger partial charge >= 0.3 is 0 Å². The van der Waals surface area contributed by atoms with E-state index < -0.39 is 0 Å². The lowest BCUT2D eigenvalue weighted by Crippen LogP contribution is -2.35. The molecular formula is C17H20N6. The van der Waals surface area contributed by atoms with Crippen LogP contribution >= 0.6 is 0 Å². The average molecular weight is 308 g/mol. The Hall–Kier alpha value is -2.50. The summed E-state index contributed by atoms with van der Waals surface area (Å²) in [6.45, 7) is 5.98. The van der Waals surface area contributed by atoms with Gasteiger partial charge in [-0.25, -0.2) is 15.0 Å². The predicted octanol–water partition coefficient (Wildman–Crippen LogP) is 2.75. The van der Waals surface area contributed by atoms with Gasteiger partial charge in [0.25, 0.3) is 0 Å². The van der Waals surface area contributed by atoms with Gasteiger partial charge in [0.15, 0.2) is 5.82 Å². The molecule has 1 aliphatic rings. The van der Waals surface area contributed by atoms with Crippen molar-refractivity contribution in [3.63, 3.8) is 0 Å². The molecule has 0 amide bonds. The fourth-order valence-corrected chi connectivity index (χ4v) is 3.42. The average Bonchev–Trinajstić information content (AvgIpc) is 3.01. The van der Waals surface area contributed by atoms with E-state index in [1.54, 1.807) is 6.33 Å². The van der Waals surface area contributed by atoms with Crippen LogP contribution < -0.4 is 4.90 Å². The second kappa shape index (κ2) is 5.61. The number of piperidine rings is 1. The predicted molar refractivity (Wildman–Crippen MR) is 89.6 cm³/mol. The highest BCUT2D eigenvalue weighted by Crippen LogP contribution is 2.32. The van der Waals surface area contributed by atoms with E-state index in [4.69, 9.17) is 0 Å². The molecule has 1 aromatic carbocycles.